The molecule has 1 saturated heterocycles. The van der Waals surface area contributed by atoms with Gasteiger partial charge < -0.3 is 21.3 Å². The molecular formula is C20H32BrN5O. The smallest absolute Gasteiger partial charge is 0.256 e. The predicted molar refractivity (Wildman–Crippen MR) is 113 cm³/mol. The highest BCUT2D eigenvalue weighted by Gasteiger charge is 2.26. The maximum Gasteiger partial charge on any atom is 0.256 e. The molecule has 0 aromatic carbocycles. The number of carbonyl (C=O) groups excluding carboxylic acids is 1. The first-order valence-electron chi connectivity index (χ1n) is 10.3. The standard InChI is InChI=1S/C20H32BrN5O/c1-2-18(22)25-20(27)17-12-14(21)13-23-19(17)26-10-8-16(9-11-26)24-15-6-4-3-5-7-15/h12-13,15-16,18,24H,2-11,22H2,1H3,(H,25,27). The van der Waals surface area contributed by atoms with Crippen LogP contribution in [0.25, 0.3) is 0 Å². The Morgan fingerprint density at radius 3 is 2.59 bits per heavy atom. The van der Waals surface area contributed by atoms with Crippen molar-refractivity contribution in [2.75, 3.05) is 18.0 Å². The van der Waals surface area contributed by atoms with Gasteiger partial charge in [0.2, 0.25) is 0 Å². The van der Waals surface area contributed by atoms with Crippen molar-refractivity contribution in [1.29, 1.82) is 0 Å². The minimum atomic E-state index is -0.338. The third-order valence-electron chi connectivity index (χ3n) is 5.71. The Bertz CT molecular complexity index is 627. The van der Waals surface area contributed by atoms with E-state index < -0.39 is 0 Å². The fourth-order valence-electron chi connectivity index (χ4n) is 4.06. The molecule has 3 rings (SSSR count). The molecule has 1 aliphatic heterocycles. The summed E-state index contributed by atoms with van der Waals surface area (Å²) in [4.78, 5) is 19.5. The van der Waals surface area contributed by atoms with Gasteiger partial charge in [0.05, 0.1) is 11.7 Å². The van der Waals surface area contributed by atoms with Crippen LogP contribution in [0.3, 0.4) is 0 Å². The normalized spacial score (nSPS) is 20.5. The predicted octanol–water partition coefficient (Wildman–Crippen LogP) is 3.16. The number of amides is 1. The summed E-state index contributed by atoms with van der Waals surface area (Å²) in [5.74, 6) is 0.603. The number of nitrogens with zero attached hydrogens (tertiary/aromatic N) is 2. The Kier molecular flexibility index (Phi) is 7.49. The van der Waals surface area contributed by atoms with Crippen LogP contribution < -0.4 is 21.3 Å². The molecule has 1 unspecified atom stereocenters. The minimum absolute atomic E-state index is 0.157. The van der Waals surface area contributed by atoms with Gasteiger partial charge in [-0.15, -0.1) is 0 Å². The molecule has 0 spiro atoms. The quantitative estimate of drug-likeness (QED) is 0.595. The van der Waals surface area contributed by atoms with Gasteiger partial charge in [-0.05, 0) is 54.1 Å². The molecule has 0 radical (unpaired) electrons. The van der Waals surface area contributed by atoms with Gasteiger partial charge in [0.15, 0.2) is 0 Å². The summed E-state index contributed by atoms with van der Waals surface area (Å²) in [7, 11) is 0. The summed E-state index contributed by atoms with van der Waals surface area (Å²) < 4.78 is 0.801. The highest BCUT2D eigenvalue weighted by atomic mass is 79.9. The monoisotopic (exact) mass is 437 g/mol. The van der Waals surface area contributed by atoms with Gasteiger partial charge in [0.25, 0.3) is 5.91 Å². The number of carbonyl (C=O) groups is 1. The highest BCUT2D eigenvalue weighted by molar-refractivity contribution is 9.10. The van der Waals surface area contributed by atoms with Gasteiger partial charge in [-0.1, -0.05) is 26.2 Å². The average molecular weight is 438 g/mol. The molecule has 2 heterocycles. The summed E-state index contributed by atoms with van der Waals surface area (Å²) in [5, 5.41) is 6.71. The van der Waals surface area contributed by atoms with Crippen molar-refractivity contribution >= 4 is 27.7 Å². The third-order valence-corrected chi connectivity index (χ3v) is 6.14. The lowest BCUT2D eigenvalue weighted by Gasteiger charge is -2.36. The number of hydrogen-bond acceptors (Lipinski definition) is 5. The number of anilines is 1. The molecule has 1 aromatic rings. The lowest BCUT2D eigenvalue weighted by molar-refractivity contribution is 0.0937. The molecule has 1 aliphatic carbocycles. The zero-order valence-corrected chi connectivity index (χ0v) is 17.8. The van der Waals surface area contributed by atoms with Crippen LogP contribution in [0.4, 0.5) is 5.82 Å². The van der Waals surface area contributed by atoms with E-state index in [9.17, 15) is 4.79 Å². The lowest BCUT2D eigenvalue weighted by Crippen LogP contribution is -2.47. The average Bonchev–Trinajstić information content (AvgIpc) is 2.69. The molecule has 4 N–H and O–H groups in total. The van der Waals surface area contributed by atoms with Gasteiger partial charge in [0.1, 0.15) is 5.82 Å². The summed E-state index contributed by atoms with van der Waals surface area (Å²) >= 11 is 3.43. The first kappa shape index (κ1) is 20.6. The van der Waals surface area contributed by atoms with Crippen molar-refractivity contribution in [2.24, 2.45) is 5.73 Å². The van der Waals surface area contributed by atoms with Crippen LogP contribution in [0.2, 0.25) is 0 Å². The number of pyridine rings is 1. The second-order valence-electron chi connectivity index (χ2n) is 7.78. The number of hydrogen-bond donors (Lipinski definition) is 3. The summed E-state index contributed by atoms with van der Waals surface area (Å²) in [5.41, 5.74) is 6.49. The van der Waals surface area contributed by atoms with Crippen LogP contribution in [-0.4, -0.2) is 42.2 Å². The van der Waals surface area contributed by atoms with Gasteiger partial charge in [-0.3, -0.25) is 4.79 Å². The Morgan fingerprint density at radius 2 is 1.93 bits per heavy atom. The van der Waals surface area contributed by atoms with Gasteiger partial charge >= 0.3 is 0 Å². The van der Waals surface area contributed by atoms with Gasteiger partial charge in [-0.25, -0.2) is 4.98 Å². The van der Waals surface area contributed by atoms with Crippen LogP contribution in [-0.2, 0) is 0 Å². The van der Waals surface area contributed by atoms with Crippen molar-refractivity contribution in [1.82, 2.24) is 15.6 Å². The molecule has 6 nitrogen and oxygen atoms in total. The molecule has 27 heavy (non-hydrogen) atoms. The van der Waals surface area contributed by atoms with E-state index in [0.717, 1.165) is 36.2 Å². The number of aromatic nitrogens is 1. The van der Waals surface area contributed by atoms with Crippen LogP contribution >= 0.6 is 15.9 Å². The first-order chi connectivity index (χ1) is 13.1. The molecule has 7 heteroatoms. The first-order valence-corrected chi connectivity index (χ1v) is 11.1. The highest BCUT2D eigenvalue weighted by Crippen LogP contribution is 2.26. The van der Waals surface area contributed by atoms with E-state index in [0.29, 0.717) is 24.1 Å². The number of nitrogens with one attached hydrogen (secondary N) is 2. The van der Waals surface area contributed by atoms with Crippen molar-refractivity contribution in [3.8, 4) is 0 Å². The number of piperidine rings is 1. The van der Waals surface area contributed by atoms with E-state index in [1.54, 1.807) is 6.20 Å². The van der Waals surface area contributed by atoms with E-state index in [4.69, 9.17) is 5.73 Å². The van der Waals surface area contributed by atoms with Crippen molar-refractivity contribution in [3.05, 3.63) is 22.3 Å². The van der Waals surface area contributed by atoms with E-state index >= 15 is 0 Å². The molecule has 1 atom stereocenters. The van der Waals surface area contributed by atoms with Crippen LogP contribution in [0.1, 0.15) is 68.6 Å². The molecule has 1 amide bonds. The molecule has 2 aliphatic rings. The van der Waals surface area contributed by atoms with E-state index in [1.807, 2.05) is 13.0 Å². The molecule has 1 saturated carbocycles. The van der Waals surface area contributed by atoms with E-state index in [-0.39, 0.29) is 12.1 Å². The Hall–Kier alpha value is -1.18. The lowest BCUT2D eigenvalue weighted by atomic mass is 9.93. The second-order valence-corrected chi connectivity index (χ2v) is 8.69. The van der Waals surface area contributed by atoms with Crippen LogP contribution in [0, 0.1) is 0 Å². The summed E-state index contributed by atoms with van der Waals surface area (Å²) in [6.45, 7) is 3.79. The Labute approximate surface area is 170 Å². The molecule has 150 valence electrons. The maximum atomic E-state index is 12.7. The fourth-order valence-corrected chi connectivity index (χ4v) is 4.39. The van der Waals surface area contributed by atoms with Crippen LogP contribution in [0.15, 0.2) is 16.7 Å². The second kappa shape index (κ2) is 9.85. The van der Waals surface area contributed by atoms with E-state index in [1.165, 1.54) is 32.1 Å². The van der Waals surface area contributed by atoms with Crippen molar-refractivity contribution in [3.63, 3.8) is 0 Å². The third kappa shape index (κ3) is 5.65. The molecule has 0 bridgehead atoms. The zero-order valence-electron chi connectivity index (χ0n) is 16.2. The topological polar surface area (TPSA) is 83.3 Å². The van der Waals surface area contributed by atoms with E-state index in [2.05, 4.69) is 36.4 Å². The molecular weight excluding hydrogens is 406 g/mol. The summed E-state index contributed by atoms with van der Waals surface area (Å²) in [6, 6.07) is 3.11. The largest absolute Gasteiger partial charge is 0.356 e. The van der Waals surface area contributed by atoms with Crippen LogP contribution in [0.5, 0.6) is 0 Å². The minimum Gasteiger partial charge on any atom is -0.356 e. The Morgan fingerprint density at radius 1 is 1.26 bits per heavy atom. The zero-order chi connectivity index (χ0) is 19.2. The van der Waals surface area contributed by atoms with Gasteiger partial charge in [-0.2, -0.15) is 0 Å². The molecule has 2 fully saturated rings. The fraction of sp³-hybridized carbons (Fsp3) is 0.700. The summed E-state index contributed by atoms with van der Waals surface area (Å²) in [6.07, 6.45) is 11.0. The Balaban J connectivity index is 1.62. The number of halogens is 1. The number of nitrogens with two attached hydrogens (primary N) is 1. The number of rotatable bonds is 6. The van der Waals surface area contributed by atoms with Crippen molar-refractivity contribution < 1.29 is 4.79 Å². The van der Waals surface area contributed by atoms with Gasteiger partial charge in [0, 0.05) is 35.8 Å². The van der Waals surface area contributed by atoms with Crippen molar-refractivity contribution in [2.45, 2.75) is 76.5 Å². The maximum absolute atomic E-state index is 12.7. The SMILES string of the molecule is CCC(N)NC(=O)c1cc(Br)cnc1N1CCC(NC2CCCCC2)CC1. The molecule has 1 aromatic heterocycles.